The van der Waals surface area contributed by atoms with E-state index >= 15 is 0 Å². The Hall–Kier alpha value is -3.59. The fourth-order valence-corrected chi connectivity index (χ4v) is 4.46. The predicted molar refractivity (Wildman–Crippen MR) is 135 cm³/mol. The molecule has 3 heterocycles. The van der Waals surface area contributed by atoms with Crippen molar-refractivity contribution in [3.63, 3.8) is 0 Å². The van der Waals surface area contributed by atoms with Gasteiger partial charge in [0.15, 0.2) is 5.76 Å². The number of aromatic amines is 1. The van der Waals surface area contributed by atoms with Crippen LogP contribution in [0.4, 0.5) is 11.5 Å². The van der Waals surface area contributed by atoms with Gasteiger partial charge in [-0.25, -0.2) is 4.79 Å². The Bertz CT molecular complexity index is 1250. The highest BCUT2D eigenvalue weighted by Crippen LogP contribution is 2.19. The molecule has 0 bridgehead atoms. The minimum atomic E-state index is -0.418. The van der Waals surface area contributed by atoms with E-state index in [1.165, 1.54) is 23.5 Å². The first kappa shape index (κ1) is 24.5. The Labute approximate surface area is 204 Å². The number of anilines is 2. The van der Waals surface area contributed by atoms with Crippen molar-refractivity contribution in [2.75, 3.05) is 38.0 Å². The van der Waals surface area contributed by atoms with Crippen molar-refractivity contribution in [1.29, 1.82) is 0 Å². The van der Waals surface area contributed by atoms with Gasteiger partial charge in [0.25, 0.3) is 11.5 Å². The van der Waals surface area contributed by atoms with Gasteiger partial charge in [-0.1, -0.05) is 13.0 Å². The molecule has 4 rings (SSSR count). The number of nitrogens with zero attached hydrogens (tertiary/aromatic N) is 3. The number of aryl methyl sites for hydroxylation is 2. The third kappa shape index (κ3) is 6.10. The number of furan rings is 1. The lowest BCUT2D eigenvalue weighted by Crippen LogP contribution is -2.48. The van der Waals surface area contributed by atoms with Gasteiger partial charge in [-0.2, -0.15) is 0 Å². The number of piperazine rings is 1. The van der Waals surface area contributed by atoms with Crippen molar-refractivity contribution in [2.24, 2.45) is 0 Å². The second-order valence-electron chi connectivity index (χ2n) is 8.91. The molecule has 2 aromatic heterocycles. The Kier molecular flexibility index (Phi) is 7.87. The summed E-state index contributed by atoms with van der Waals surface area (Å²) in [6.07, 6.45) is 4.12. The molecule has 2 N–H and O–H groups in total. The molecule has 0 saturated carbocycles. The average Bonchev–Trinajstić information content (AvgIpc) is 3.39. The van der Waals surface area contributed by atoms with Crippen LogP contribution in [0.1, 0.15) is 41.4 Å². The van der Waals surface area contributed by atoms with E-state index in [0.717, 1.165) is 44.6 Å². The van der Waals surface area contributed by atoms with Crippen LogP contribution in [0.15, 0.2) is 56.7 Å². The summed E-state index contributed by atoms with van der Waals surface area (Å²) in [4.78, 5) is 43.4. The fourth-order valence-electron chi connectivity index (χ4n) is 4.46. The summed E-state index contributed by atoms with van der Waals surface area (Å²) in [5.74, 6) is 0.812. The van der Waals surface area contributed by atoms with E-state index in [9.17, 15) is 14.4 Å². The van der Waals surface area contributed by atoms with Crippen molar-refractivity contribution in [3.05, 3.63) is 80.4 Å². The number of unbranched alkanes of at least 4 members (excludes halogenated alkanes) is 1. The minimum Gasteiger partial charge on any atom is -0.459 e. The SMILES string of the molecule is CCc1cc(Nc2cc(=O)[nH]c(=O)n2CCCCN2CCN(C(=O)c3ccco3)CC2)ccc1C. The molecule has 35 heavy (non-hydrogen) atoms. The summed E-state index contributed by atoms with van der Waals surface area (Å²) < 4.78 is 6.81. The van der Waals surface area contributed by atoms with Gasteiger partial charge in [-0.05, 0) is 68.1 Å². The zero-order chi connectivity index (χ0) is 24.8. The lowest BCUT2D eigenvalue weighted by molar-refractivity contribution is 0.0604. The molecule has 1 fully saturated rings. The molecule has 0 unspecified atom stereocenters. The van der Waals surface area contributed by atoms with Crippen LogP contribution in [0.5, 0.6) is 0 Å². The van der Waals surface area contributed by atoms with Crippen LogP contribution < -0.4 is 16.6 Å². The van der Waals surface area contributed by atoms with E-state index in [4.69, 9.17) is 4.42 Å². The molecule has 9 heteroatoms. The van der Waals surface area contributed by atoms with Crippen molar-refractivity contribution in [1.82, 2.24) is 19.4 Å². The number of hydrogen-bond donors (Lipinski definition) is 2. The van der Waals surface area contributed by atoms with Gasteiger partial charge in [0.05, 0.1) is 6.26 Å². The Balaban J connectivity index is 1.30. The first-order valence-corrected chi connectivity index (χ1v) is 12.2. The zero-order valence-electron chi connectivity index (χ0n) is 20.4. The molecular weight excluding hydrogens is 446 g/mol. The van der Waals surface area contributed by atoms with Crippen LogP contribution in [-0.2, 0) is 13.0 Å². The summed E-state index contributed by atoms with van der Waals surface area (Å²) in [6, 6.07) is 10.9. The van der Waals surface area contributed by atoms with Gasteiger partial charge in [-0.3, -0.25) is 24.0 Å². The Morgan fingerprint density at radius 2 is 1.83 bits per heavy atom. The van der Waals surface area contributed by atoms with Gasteiger partial charge >= 0.3 is 5.69 Å². The average molecular weight is 480 g/mol. The maximum absolute atomic E-state index is 12.5. The molecule has 1 aromatic carbocycles. The van der Waals surface area contributed by atoms with E-state index in [0.29, 0.717) is 31.2 Å². The van der Waals surface area contributed by atoms with Crippen LogP contribution in [0.25, 0.3) is 0 Å². The second-order valence-corrected chi connectivity index (χ2v) is 8.91. The maximum Gasteiger partial charge on any atom is 0.329 e. The summed E-state index contributed by atoms with van der Waals surface area (Å²) in [5, 5.41) is 3.26. The number of hydrogen-bond acceptors (Lipinski definition) is 6. The van der Waals surface area contributed by atoms with Gasteiger partial charge in [0, 0.05) is 44.5 Å². The minimum absolute atomic E-state index is 0.0632. The monoisotopic (exact) mass is 479 g/mol. The molecule has 9 nitrogen and oxygen atoms in total. The molecular formula is C26H33N5O4. The highest BCUT2D eigenvalue weighted by Gasteiger charge is 2.23. The van der Waals surface area contributed by atoms with Gasteiger partial charge in [0.2, 0.25) is 0 Å². The van der Waals surface area contributed by atoms with E-state index in [1.54, 1.807) is 16.7 Å². The third-order valence-electron chi connectivity index (χ3n) is 6.53. The zero-order valence-corrected chi connectivity index (χ0v) is 20.4. The van der Waals surface area contributed by atoms with Crippen LogP contribution in [-0.4, -0.2) is 58.0 Å². The smallest absolute Gasteiger partial charge is 0.329 e. The normalized spacial score (nSPS) is 14.3. The maximum atomic E-state index is 12.5. The molecule has 3 aromatic rings. The summed E-state index contributed by atoms with van der Waals surface area (Å²) in [5.41, 5.74) is 2.46. The van der Waals surface area contributed by atoms with Crippen LogP contribution >= 0.6 is 0 Å². The molecule has 0 spiro atoms. The lowest BCUT2D eigenvalue weighted by atomic mass is 10.1. The fraction of sp³-hybridized carbons (Fsp3) is 0.423. The molecule has 1 aliphatic heterocycles. The number of H-pyrrole nitrogens is 1. The topological polar surface area (TPSA) is 104 Å². The van der Waals surface area contributed by atoms with Crippen molar-refractivity contribution < 1.29 is 9.21 Å². The van der Waals surface area contributed by atoms with E-state index < -0.39 is 11.2 Å². The van der Waals surface area contributed by atoms with Gasteiger partial charge in [0.1, 0.15) is 5.82 Å². The number of rotatable bonds is 9. The number of benzene rings is 1. The molecule has 0 radical (unpaired) electrons. The lowest BCUT2D eigenvalue weighted by Gasteiger charge is -2.34. The van der Waals surface area contributed by atoms with Crippen molar-refractivity contribution in [2.45, 2.75) is 39.7 Å². The summed E-state index contributed by atoms with van der Waals surface area (Å²) in [7, 11) is 0. The van der Waals surface area contributed by atoms with E-state index in [1.807, 2.05) is 17.0 Å². The highest BCUT2D eigenvalue weighted by molar-refractivity contribution is 5.91. The first-order chi connectivity index (χ1) is 16.9. The molecule has 1 aliphatic rings. The second kappa shape index (κ2) is 11.2. The molecule has 1 amide bonds. The van der Waals surface area contributed by atoms with Crippen LogP contribution in [0.2, 0.25) is 0 Å². The van der Waals surface area contributed by atoms with Crippen LogP contribution in [0.3, 0.4) is 0 Å². The quantitative estimate of drug-likeness (QED) is 0.458. The summed E-state index contributed by atoms with van der Waals surface area (Å²) in [6.45, 7) is 8.53. The predicted octanol–water partition coefficient (Wildman–Crippen LogP) is 2.98. The van der Waals surface area contributed by atoms with E-state index in [-0.39, 0.29) is 5.91 Å². The van der Waals surface area contributed by atoms with Crippen molar-refractivity contribution >= 4 is 17.4 Å². The third-order valence-corrected chi connectivity index (χ3v) is 6.53. The molecule has 0 atom stereocenters. The number of carbonyl (C=O) groups excluding carboxylic acids is 1. The van der Waals surface area contributed by atoms with Crippen molar-refractivity contribution in [3.8, 4) is 0 Å². The number of aromatic nitrogens is 2. The molecule has 186 valence electrons. The van der Waals surface area contributed by atoms with Gasteiger partial charge in [-0.15, -0.1) is 0 Å². The van der Waals surface area contributed by atoms with Crippen LogP contribution in [0, 0.1) is 6.92 Å². The summed E-state index contributed by atoms with van der Waals surface area (Å²) >= 11 is 0. The number of carbonyl (C=O) groups is 1. The number of nitrogens with one attached hydrogen (secondary N) is 2. The van der Waals surface area contributed by atoms with Gasteiger partial charge < -0.3 is 14.6 Å². The Morgan fingerprint density at radius 1 is 1.06 bits per heavy atom. The largest absolute Gasteiger partial charge is 0.459 e. The van der Waals surface area contributed by atoms with E-state index in [2.05, 4.69) is 35.1 Å². The first-order valence-electron chi connectivity index (χ1n) is 12.2. The molecule has 1 saturated heterocycles. The molecule has 0 aliphatic carbocycles. The number of amides is 1. The standard InChI is InChI=1S/C26H33N5O4/c1-3-20-17-21(9-8-19(20)2)27-23-18-24(32)28-26(34)31(23)11-5-4-10-29-12-14-30(15-13-29)25(33)22-7-6-16-35-22/h6-9,16-18,27H,3-5,10-15H2,1-2H3,(H,28,32,34). The Morgan fingerprint density at radius 3 is 2.54 bits per heavy atom. The highest BCUT2D eigenvalue weighted by atomic mass is 16.3.